The second-order valence-corrected chi connectivity index (χ2v) is 13.4. The van der Waals surface area contributed by atoms with Crippen LogP contribution in [0.3, 0.4) is 0 Å². The van der Waals surface area contributed by atoms with E-state index in [9.17, 15) is 0 Å². The standard InChI is InChI=1S/C50H32N2/c1-2-12-33(13-3-1)38-26-27-51-50(31-38)47-32-49(52-48-23-9-8-22-45(47)48)39-17-11-16-36(29-39)34-14-10-15-35(28-34)37-24-25-44-42-20-5-4-18-40(42)41-19-6-7-21-43(41)46(44)30-37/h1-32H. The van der Waals surface area contributed by atoms with E-state index >= 15 is 0 Å². The van der Waals surface area contributed by atoms with Gasteiger partial charge in [0.1, 0.15) is 0 Å². The summed E-state index contributed by atoms with van der Waals surface area (Å²) in [6, 6.07) is 67.3. The molecule has 2 nitrogen and oxygen atoms in total. The Morgan fingerprint density at radius 2 is 0.769 bits per heavy atom. The van der Waals surface area contributed by atoms with Gasteiger partial charge in [0.2, 0.25) is 0 Å². The Morgan fingerprint density at radius 1 is 0.269 bits per heavy atom. The average Bonchev–Trinajstić information content (AvgIpc) is 3.23. The highest BCUT2D eigenvalue weighted by molar-refractivity contribution is 6.25. The summed E-state index contributed by atoms with van der Waals surface area (Å²) < 4.78 is 0. The molecule has 0 unspecified atom stereocenters. The first-order valence-corrected chi connectivity index (χ1v) is 17.7. The quantitative estimate of drug-likeness (QED) is 0.172. The summed E-state index contributed by atoms with van der Waals surface area (Å²) in [6.07, 6.45) is 1.90. The highest BCUT2D eigenvalue weighted by Crippen LogP contribution is 2.39. The molecule has 0 aliphatic carbocycles. The average molecular weight is 661 g/mol. The molecule has 2 aromatic heterocycles. The van der Waals surface area contributed by atoms with E-state index in [1.54, 1.807) is 0 Å². The molecule has 242 valence electrons. The Bertz CT molecular complexity index is 2930. The van der Waals surface area contributed by atoms with Crippen LogP contribution in [0.5, 0.6) is 0 Å². The maximum atomic E-state index is 5.16. The molecule has 0 aliphatic heterocycles. The minimum atomic E-state index is 0.923. The normalized spacial score (nSPS) is 11.5. The lowest BCUT2D eigenvalue weighted by molar-refractivity contribution is 1.32. The minimum absolute atomic E-state index is 0.923. The molecule has 0 atom stereocenters. The van der Waals surface area contributed by atoms with Gasteiger partial charge in [-0.1, -0.05) is 146 Å². The van der Waals surface area contributed by atoms with Gasteiger partial charge in [-0.25, -0.2) is 4.98 Å². The van der Waals surface area contributed by atoms with Crippen molar-refractivity contribution < 1.29 is 0 Å². The molecule has 10 aromatic rings. The van der Waals surface area contributed by atoms with E-state index in [2.05, 4.69) is 182 Å². The van der Waals surface area contributed by atoms with Crippen LogP contribution < -0.4 is 0 Å². The van der Waals surface area contributed by atoms with Crippen LogP contribution in [0.2, 0.25) is 0 Å². The fraction of sp³-hybridized carbons (Fsp3) is 0. The van der Waals surface area contributed by atoms with Crippen molar-refractivity contribution in [3.8, 4) is 55.9 Å². The van der Waals surface area contributed by atoms with Crippen LogP contribution in [0.4, 0.5) is 0 Å². The smallest absolute Gasteiger partial charge is 0.0716 e. The number of hydrogen-bond acceptors (Lipinski definition) is 2. The minimum Gasteiger partial charge on any atom is -0.256 e. The Kier molecular flexibility index (Phi) is 7.18. The van der Waals surface area contributed by atoms with Gasteiger partial charge in [-0.2, -0.15) is 0 Å². The topological polar surface area (TPSA) is 25.8 Å². The number of hydrogen-bond donors (Lipinski definition) is 0. The van der Waals surface area contributed by atoms with Crippen molar-refractivity contribution in [3.05, 3.63) is 194 Å². The van der Waals surface area contributed by atoms with Crippen LogP contribution >= 0.6 is 0 Å². The molecule has 0 saturated carbocycles. The number of aromatic nitrogens is 2. The van der Waals surface area contributed by atoms with Gasteiger partial charge >= 0.3 is 0 Å². The van der Waals surface area contributed by atoms with Crippen molar-refractivity contribution >= 4 is 43.2 Å². The molecule has 0 amide bonds. The highest BCUT2D eigenvalue weighted by Gasteiger charge is 2.14. The van der Waals surface area contributed by atoms with E-state index in [4.69, 9.17) is 9.97 Å². The fourth-order valence-electron chi connectivity index (χ4n) is 7.75. The lowest BCUT2D eigenvalue weighted by Gasteiger charge is -2.13. The maximum Gasteiger partial charge on any atom is 0.0716 e. The van der Waals surface area contributed by atoms with Gasteiger partial charge in [-0.15, -0.1) is 0 Å². The van der Waals surface area contributed by atoms with E-state index in [0.717, 1.165) is 44.5 Å². The molecule has 10 rings (SSSR count). The van der Waals surface area contributed by atoms with Crippen LogP contribution in [0, 0.1) is 0 Å². The number of fused-ring (bicyclic) bond motifs is 7. The highest BCUT2D eigenvalue weighted by atomic mass is 14.7. The van der Waals surface area contributed by atoms with Gasteiger partial charge in [-0.05, 0) is 108 Å². The van der Waals surface area contributed by atoms with E-state index in [1.807, 2.05) is 12.3 Å². The van der Waals surface area contributed by atoms with E-state index in [1.165, 1.54) is 54.6 Å². The van der Waals surface area contributed by atoms with Gasteiger partial charge in [0.25, 0.3) is 0 Å². The third kappa shape index (κ3) is 5.21. The molecule has 0 spiro atoms. The molecule has 2 heterocycles. The molecule has 0 radical (unpaired) electrons. The number of nitrogens with zero attached hydrogens (tertiary/aromatic N) is 2. The largest absolute Gasteiger partial charge is 0.256 e. The number of benzene rings is 8. The van der Waals surface area contributed by atoms with Gasteiger partial charge < -0.3 is 0 Å². The first-order valence-electron chi connectivity index (χ1n) is 17.7. The number of para-hydroxylation sites is 1. The van der Waals surface area contributed by atoms with Crippen LogP contribution in [0.15, 0.2) is 194 Å². The SMILES string of the molecule is c1ccc(-c2ccnc(-c3cc(-c4cccc(-c5cccc(-c6ccc7c8ccccc8c8ccccc8c7c6)c5)c4)nc4ccccc34)c2)cc1. The summed E-state index contributed by atoms with van der Waals surface area (Å²) in [5, 5.41) is 8.81. The molecular weight excluding hydrogens is 629 g/mol. The first kappa shape index (κ1) is 30.0. The summed E-state index contributed by atoms with van der Waals surface area (Å²) in [5.74, 6) is 0. The van der Waals surface area contributed by atoms with Crippen molar-refractivity contribution in [2.75, 3.05) is 0 Å². The third-order valence-corrected chi connectivity index (χ3v) is 10.3. The second kappa shape index (κ2) is 12.5. The predicted molar refractivity (Wildman–Crippen MR) is 219 cm³/mol. The monoisotopic (exact) mass is 660 g/mol. The van der Waals surface area contributed by atoms with Crippen LogP contribution in [-0.4, -0.2) is 9.97 Å². The van der Waals surface area contributed by atoms with Crippen LogP contribution in [0.1, 0.15) is 0 Å². The number of rotatable bonds is 5. The summed E-state index contributed by atoms with van der Waals surface area (Å²) in [5.41, 5.74) is 12.0. The molecule has 0 saturated heterocycles. The third-order valence-electron chi connectivity index (χ3n) is 10.3. The second-order valence-electron chi connectivity index (χ2n) is 13.4. The van der Waals surface area contributed by atoms with E-state index in [-0.39, 0.29) is 0 Å². The zero-order valence-corrected chi connectivity index (χ0v) is 28.4. The van der Waals surface area contributed by atoms with Crippen molar-refractivity contribution in [1.82, 2.24) is 9.97 Å². The van der Waals surface area contributed by atoms with Gasteiger partial charge in [0.15, 0.2) is 0 Å². The van der Waals surface area contributed by atoms with Crippen molar-refractivity contribution in [3.63, 3.8) is 0 Å². The zero-order valence-electron chi connectivity index (χ0n) is 28.4. The lowest BCUT2D eigenvalue weighted by Crippen LogP contribution is -1.92. The van der Waals surface area contributed by atoms with Crippen LogP contribution in [-0.2, 0) is 0 Å². The lowest BCUT2D eigenvalue weighted by atomic mass is 9.91. The van der Waals surface area contributed by atoms with E-state index in [0.29, 0.717) is 0 Å². The molecule has 0 N–H and O–H groups in total. The maximum absolute atomic E-state index is 5.16. The fourth-order valence-corrected chi connectivity index (χ4v) is 7.75. The first-order chi connectivity index (χ1) is 25.8. The molecule has 52 heavy (non-hydrogen) atoms. The van der Waals surface area contributed by atoms with Gasteiger partial charge in [0, 0.05) is 22.7 Å². The van der Waals surface area contributed by atoms with Crippen molar-refractivity contribution in [2.24, 2.45) is 0 Å². The summed E-state index contributed by atoms with van der Waals surface area (Å²) >= 11 is 0. The Hall–Kier alpha value is -6.90. The molecule has 8 aromatic carbocycles. The predicted octanol–water partition coefficient (Wildman–Crippen LogP) is 13.4. The molecule has 0 bridgehead atoms. The summed E-state index contributed by atoms with van der Waals surface area (Å²) in [7, 11) is 0. The molecule has 2 heteroatoms. The van der Waals surface area contributed by atoms with Gasteiger partial charge in [0.05, 0.1) is 16.9 Å². The summed E-state index contributed by atoms with van der Waals surface area (Å²) in [4.78, 5) is 10.0. The van der Waals surface area contributed by atoms with E-state index < -0.39 is 0 Å². The van der Waals surface area contributed by atoms with Crippen molar-refractivity contribution in [1.29, 1.82) is 0 Å². The molecular formula is C50H32N2. The molecule has 0 aliphatic rings. The Labute approximate surface area is 302 Å². The van der Waals surface area contributed by atoms with Gasteiger partial charge in [-0.3, -0.25) is 4.98 Å². The molecule has 0 fully saturated rings. The summed E-state index contributed by atoms with van der Waals surface area (Å²) in [6.45, 7) is 0. The van der Waals surface area contributed by atoms with Crippen LogP contribution in [0.25, 0.3) is 99.1 Å². The zero-order chi connectivity index (χ0) is 34.4. The Balaban J connectivity index is 1.06. The Morgan fingerprint density at radius 3 is 1.46 bits per heavy atom. The number of pyridine rings is 2. The van der Waals surface area contributed by atoms with Crippen molar-refractivity contribution in [2.45, 2.75) is 0 Å².